The van der Waals surface area contributed by atoms with Crippen LogP contribution in [0.25, 0.3) is 0 Å². The zero-order chi connectivity index (χ0) is 23.4. The lowest BCUT2D eigenvalue weighted by atomic mass is 10.0. The highest BCUT2D eigenvalue weighted by Gasteiger charge is 2.18. The van der Waals surface area contributed by atoms with Gasteiger partial charge in [0.15, 0.2) is 11.5 Å². The molecule has 0 heterocycles. The maximum absolute atomic E-state index is 12.5. The van der Waals surface area contributed by atoms with Gasteiger partial charge in [-0.1, -0.05) is 13.8 Å². The van der Waals surface area contributed by atoms with Crippen molar-refractivity contribution >= 4 is 22.0 Å². The standard InChI is InChI=1S/C20H33N3O7S/c1-6-30-20(25)23-15(11-14(2)3)13-21-19(24)9-10-22-31(26,27)16-7-8-17(28-4)18(12-16)29-5/h7-8,12,14-15,22H,6,9-11,13H2,1-5H3,(H,21,24)(H,23,25). The van der Waals surface area contributed by atoms with Crippen molar-refractivity contribution in [1.29, 1.82) is 0 Å². The Morgan fingerprint density at radius 3 is 2.35 bits per heavy atom. The molecule has 1 atom stereocenters. The molecule has 1 rings (SSSR count). The van der Waals surface area contributed by atoms with Gasteiger partial charge in [-0.25, -0.2) is 17.9 Å². The second kappa shape index (κ2) is 13.0. The highest BCUT2D eigenvalue weighted by Crippen LogP contribution is 2.29. The summed E-state index contributed by atoms with van der Waals surface area (Å²) in [5.41, 5.74) is 0. The number of benzene rings is 1. The topological polar surface area (TPSA) is 132 Å². The smallest absolute Gasteiger partial charge is 0.407 e. The van der Waals surface area contributed by atoms with Crippen LogP contribution >= 0.6 is 0 Å². The van der Waals surface area contributed by atoms with E-state index in [0.29, 0.717) is 18.1 Å². The maximum atomic E-state index is 12.5. The molecule has 2 amide bonds. The normalized spacial score (nSPS) is 12.2. The molecule has 0 aliphatic heterocycles. The molecule has 0 radical (unpaired) electrons. The van der Waals surface area contributed by atoms with E-state index in [-0.39, 0.29) is 48.7 Å². The van der Waals surface area contributed by atoms with Crippen LogP contribution in [0.2, 0.25) is 0 Å². The molecule has 1 unspecified atom stereocenters. The van der Waals surface area contributed by atoms with Crippen molar-refractivity contribution in [3.05, 3.63) is 18.2 Å². The quantitative estimate of drug-likeness (QED) is 0.409. The number of hydrogen-bond acceptors (Lipinski definition) is 7. The van der Waals surface area contributed by atoms with Crippen LogP contribution in [-0.4, -0.2) is 60.4 Å². The van der Waals surface area contributed by atoms with Gasteiger partial charge in [0.1, 0.15) is 0 Å². The molecule has 0 aliphatic rings. The van der Waals surface area contributed by atoms with Crippen molar-refractivity contribution in [3.63, 3.8) is 0 Å². The molecule has 0 aromatic heterocycles. The average Bonchev–Trinajstić information content (AvgIpc) is 2.71. The third-order valence-electron chi connectivity index (χ3n) is 4.21. The van der Waals surface area contributed by atoms with E-state index in [1.165, 1.54) is 32.4 Å². The molecule has 31 heavy (non-hydrogen) atoms. The Morgan fingerprint density at radius 1 is 1.10 bits per heavy atom. The van der Waals surface area contributed by atoms with Crippen LogP contribution in [0.15, 0.2) is 23.1 Å². The lowest BCUT2D eigenvalue weighted by Crippen LogP contribution is -2.45. The van der Waals surface area contributed by atoms with Gasteiger partial charge in [-0.3, -0.25) is 4.79 Å². The van der Waals surface area contributed by atoms with Gasteiger partial charge in [0.25, 0.3) is 0 Å². The second-order valence-electron chi connectivity index (χ2n) is 7.16. The third-order valence-corrected chi connectivity index (χ3v) is 5.67. The Morgan fingerprint density at radius 2 is 1.77 bits per heavy atom. The van der Waals surface area contributed by atoms with Crippen molar-refractivity contribution in [2.75, 3.05) is 33.9 Å². The van der Waals surface area contributed by atoms with E-state index in [2.05, 4.69) is 15.4 Å². The summed E-state index contributed by atoms with van der Waals surface area (Å²) in [7, 11) is -0.955. The summed E-state index contributed by atoms with van der Waals surface area (Å²) in [5, 5.41) is 5.43. The van der Waals surface area contributed by atoms with E-state index < -0.39 is 16.1 Å². The number of sulfonamides is 1. The van der Waals surface area contributed by atoms with Crippen LogP contribution in [0.1, 0.15) is 33.6 Å². The van der Waals surface area contributed by atoms with Crippen LogP contribution in [-0.2, 0) is 19.6 Å². The molecule has 176 valence electrons. The van der Waals surface area contributed by atoms with Crippen molar-refractivity contribution in [3.8, 4) is 11.5 Å². The Bertz CT molecular complexity index is 828. The molecule has 1 aromatic carbocycles. The van der Waals surface area contributed by atoms with Gasteiger partial charge in [-0.15, -0.1) is 0 Å². The predicted octanol–water partition coefficient (Wildman–Crippen LogP) is 1.65. The molecule has 0 bridgehead atoms. The number of rotatable bonds is 13. The fraction of sp³-hybridized carbons (Fsp3) is 0.600. The van der Waals surface area contributed by atoms with Gasteiger partial charge >= 0.3 is 6.09 Å². The van der Waals surface area contributed by atoms with E-state index in [0.717, 1.165) is 0 Å². The number of nitrogens with one attached hydrogen (secondary N) is 3. The van der Waals surface area contributed by atoms with Gasteiger partial charge in [0.05, 0.1) is 25.7 Å². The lowest BCUT2D eigenvalue weighted by molar-refractivity contribution is -0.121. The molecular formula is C20H33N3O7S. The van der Waals surface area contributed by atoms with Gasteiger partial charge in [-0.05, 0) is 31.4 Å². The van der Waals surface area contributed by atoms with Gasteiger partial charge < -0.3 is 24.8 Å². The summed E-state index contributed by atoms with van der Waals surface area (Å²) in [6, 6.07) is 3.94. The molecule has 11 heteroatoms. The largest absolute Gasteiger partial charge is 0.493 e. The molecule has 0 saturated carbocycles. The Hall–Kier alpha value is -2.53. The molecule has 10 nitrogen and oxygen atoms in total. The Labute approximate surface area is 184 Å². The van der Waals surface area contributed by atoms with Crippen molar-refractivity contribution in [2.24, 2.45) is 5.92 Å². The maximum Gasteiger partial charge on any atom is 0.407 e. The summed E-state index contributed by atoms with van der Waals surface area (Å²) in [5.74, 6) is 0.660. The zero-order valence-corrected chi connectivity index (χ0v) is 19.5. The third kappa shape index (κ3) is 9.43. The van der Waals surface area contributed by atoms with Crippen LogP contribution < -0.4 is 24.8 Å². The summed E-state index contributed by atoms with van der Waals surface area (Å²) >= 11 is 0. The van der Waals surface area contributed by atoms with Crippen molar-refractivity contribution < 1.29 is 32.2 Å². The second-order valence-corrected chi connectivity index (χ2v) is 8.93. The van der Waals surface area contributed by atoms with Crippen LogP contribution in [0.4, 0.5) is 4.79 Å². The molecule has 0 spiro atoms. The predicted molar refractivity (Wildman–Crippen MR) is 116 cm³/mol. The van der Waals surface area contributed by atoms with Crippen molar-refractivity contribution in [2.45, 2.75) is 44.6 Å². The molecule has 0 fully saturated rings. The van der Waals surface area contributed by atoms with Crippen LogP contribution in [0, 0.1) is 5.92 Å². The van der Waals surface area contributed by atoms with Gasteiger partial charge in [0, 0.05) is 31.6 Å². The Kier molecular flexibility index (Phi) is 11.1. The number of carbonyl (C=O) groups excluding carboxylic acids is 2. The fourth-order valence-corrected chi connectivity index (χ4v) is 3.84. The fourth-order valence-electron chi connectivity index (χ4n) is 2.79. The number of methoxy groups -OCH3 is 2. The first kappa shape index (κ1) is 26.5. The lowest BCUT2D eigenvalue weighted by Gasteiger charge is -2.20. The summed E-state index contributed by atoms with van der Waals surface area (Å²) < 4.78 is 42.4. The molecular weight excluding hydrogens is 426 g/mol. The molecule has 3 N–H and O–H groups in total. The monoisotopic (exact) mass is 459 g/mol. The first-order chi connectivity index (χ1) is 14.6. The van der Waals surface area contributed by atoms with E-state index >= 15 is 0 Å². The minimum absolute atomic E-state index is 0.00110. The van der Waals surface area contributed by atoms with Crippen LogP contribution in [0.5, 0.6) is 11.5 Å². The minimum atomic E-state index is -3.82. The number of alkyl carbamates (subject to hydrolysis) is 1. The molecule has 1 aromatic rings. The SMILES string of the molecule is CCOC(=O)NC(CNC(=O)CCNS(=O)(=O)c1ccc(OC)c(OC)c1)CC(C)C. The van der Waals surface area contributed by atoms with E-state index in [9.17, 15) is 18.0 Å². The highest BCUT2D eigenvalue weighted by atomic mass is 32.2. The van der Waals surface area contributed by atoms with Crippen molar-refractivity contribution in [1.82, 2.24) is 15.4 Å². The van der Waals surface area contributed by atoms with Crippen LogP contribution in [0.3, 0.4) is 0 Å². The number of carbonyl (C=O) groups is 2. The first-order valence-electron chi connectivity index (χ1n) is 10.0. The summed E-state index contributed by atoms with van der Waals surface area (Å²) in [4.78, 5) is 23.8. The Balaban J connectivity index is 2.56. The van der Waals surface area contributed by atoms with E-state index in [1.807, 2.05) is 13.8 Å². The van der Waals surface area contributed by atoms with E-state index in [1.54, 1.807) is 6.92 Å². The van der Waals surface area contributed by atoms with Gasteiger partial charge in [-0.2, -0.15) is 0 Å². The zero-order valence-electron chi connectivity index (χ0n) is 18.7. The van der Waals surface area contributed by atoms with Gasteiger partial charge in [0.2, 0.25) is 15.9 Å². The highest BCUT2D eigenvalue weighted by molar-refractivity contribution is 7.89. The summed E-state index contributed by atoms with van der Waals surface area (Å²) in [6.45, 7) is 6.12. The number of ether oxygens (including phenoxy) is 3. The molecule has 0 saturated heterocycles. The van der Waals surface area contributed by atoms with E-state index in [4.69, 9.17) is 14.2 Å². The number of amides is 2. The average molecular weight is 460 g/mol. The molecule has 0 aliphatic carbocycles. The number of hydrogen-bond donors (Lipinski definition) is 3. The summed E-state index contributed by atoms with van der Waals surface area (Å²) in [6.07, 6.45) is 0.0656. The minimum Gasteiger partial charge on any atom is -0.493 e. The first-order valence-corrected chi connectivity index (χ1v) is 11.5.